The van der Waals surface area contributed by atoms with Crippen molar-refractivity contribution in [1.29, 1.82) is 0 Å². The fourth-order valence-corrected chi connectivity index (χ4v) is 3.15. The van der Waals surface area contributed by atoms with E-state index < -0.39 is 0 Å². The third kappa shape index (κ3) is 1.75. The van der Waals surface area contributed by atoms with Crippen molar-refractivity contribution in [3.05, 3.63) is 52.8 Å². The third-order valence-corrected chi connectivity index (χ3v) is 4.45. The van der Waals surface area contributed by atoms with Crippen LogP contribution < -0.4 is 5.32 Å². The molecule has 0 bridgehead atoms. The van der Waals surface area contributed by atoms with E-state index in [1.54, 1.807) is 0 Å². The number of benzene rings is 1. The van der Waals surface area contributed by atoms with Gasteiger partial charge in [-0.15, -0.1) is 0 Å². The molecular formula is C16H17N3O. The number of rotatable bonds is 3. The predicted molar refractivity (Wildman–Crippen MR) is 75.4 cm³/mol. The summed E-state index contributed by atoms with van der Waals surface area (Å²) in [6.07, 6.45) is 5.12. The summed E-state index contributed by atoms with van der Waals surface area (Å²) in [5.74, 6) is -0.0363. The van der Waals surface area contributed by atoms with Crippen LogP contribution in [0.3, 0.4) is 0 Å². The summed E-state index contributed by atoms with van der Waals surface area (Å²) in [7, 11) is 0. The Hall–Kier alpha value is -2.10. The molecule has 1 aromatic heterocycles. The first-order chi connectivity index (χ1) is 9.78. The number of fused-ring (bicyclic) bond motifs is 1. The zero-order chi connectivity index (χ0) is 13.6. The van der Waals surface area contributed by atoms with Crippen LogP contribution in [-0.4, -0.2) is 16.1 Å². The summed E-state index contributed by atoms with van der Waals surface area (Å²) in [4.78, 5) is 12.5. The molecule has 1 saturated carbocycles. The van der Waals surface area contributed by atoms with Crippen LogP contribution in [0.4, 0.5) is 0 Å². The highest BCUT2D eigenvalue weighted by atomic mass is 16.2. The van der Waals surface area contributed by atoms with E-state index in [-0.39, 0.29) is 11.4 Å². The summed E-state index contributed by atoms with van der Waals surface area (Å²) < 4.78 is 0. The maximum Gasteiger partial charge on any atom is 0.272 e. The first-order valence-corrected chi connectivity index (χ1v) is 7.23. The average Bonchev–Trinajstić information content (AvgIpc) is 2.93. The first kappa shape index (κ1) is 11.7. The molecule has 1 aromatic carbocycles. The van der Waals surface area contributed by atoms with Gasteiger partial charge in [-0.25, -0.2) is 0 Å². The lowest BCUT2D eigenvalue weighted by Gasteiger charge is -2.17. The Bertz CT molecular complexity index is 656. The van der Waals surface area contributed by atoms with Crippen LogP contribution >= 0.6 is 0 Å². The molecule has 0 aliphatic heterocycles. The van der Waals surface area contributed by atoms with Gasteiger partial charge in [0.15, 0.2) is 5.69 Å². The van der Waals surface area contributed by atoms with E-state index >= 15 is 0 Å². The third-order valence-electron chi connectivity index (χ3n) is 4.45. The van der Waals surface area contributed by atoms with Gasteiger partial charge >= 0.3 is 0 Å². The summed E-state index contributed by atoms with van der Waals surface area (Å²) in [5.41, 5.74) is 3.88. The maximum atomic E-state index is 12.5. The van der Waals surface area contributed by atoms with Gasteiger partial charge in [0, 0.05) is 11.3 Å². The molecule has 0 unspecified atom stereocenters. The zero-order valence-corrected chi connectivity index (χ0v) is 11.3. The van der Waals surface area contributed by atoms with E-state index in [4.69, 9.17) is 0 Å². The molecule has 2 aliphatic rings. The van der Waals surface area contributed by atoms with Crippen LogP contribution in [-0.2, 0) is 18.4 Å². The molecule has 2 aliphatic carbocycles. The van der Waals surface area contributed by atoms with E-state index in [1.165, 1.54) is 5.56 Å². The number of amides is 1. The summed E-state index contributed by atoms with van der Waals surface area (Å²) in [6.45, 7) is 0. The van der Waals surface area contributed by atoms with Crippen molar-refractivity contribution in [3.8, 4) is 0 Å². The topological polar surface area (TPSA) is 57.8 Å². The number of H-pyrrole nitrogens is 1. The molecule has 102 valence electrons. The van der Waals surface area contributed by atoms with E-state index in [0.29, 0.717) is 5.69 Å². The quantitative estimate of drug-likeness (QED) is 0.896. The summed E-state index contributed by atoms with van der Waals surface area (Å²) in [6, 6.07) is 10.2. The number of carbonyl (C=O) groups excluding carboxylic acids is 1. The molecule has 4 heteroatoms. The lowest BCUT2D eigenvalue weighted by atomic mass is 10.0. The number of carbonyl (C=O) groups is 1. The Labute approximate surface area is 117 Å². The second kappa shape index (κ2) is 4.20. The number of hydrogen-bond donors (Lipinski definition) is 2. The van der Waals surface area contributed by atoms with Gasteiger partial charge in [0.05, 0.1) is 5.54 Å². The standard InChI is InChI=1S/C16H17N3O/c20-15(14-12-7-4-8-13(12)18-19-14)17-16(9-10-16)11-5-2-1-3-6-11/h1-3,5-6H,4,7-10H2,(H,17,20)(H,18,19). The van der Waals surface area contributed by atoms with Crippen molar-refractivity contribution < 1.29 is 4.79 Å². The Kier molecular flexibility index (Phi) is 2.46. The molecule has 2 N–H and O–H groups in total. The molecule has 4 rings (SSSR count). The Morgan fingerprint density at radius 1 is 1.20 bits per heavy atom. The Balaban J connectivity index is 1.59. The molecule has 0 saturated heterocycles. The van der Waals surface area contributed by atoms with E-state index in [2.05, 4.69) is 27.6 Å². The van der Waals surface area contributed by atoms with E-state index in [1.807, 2.05) is 18.2 Å². The number of nitrogens with one attached hydrogen (secondary N) is 2. The highest BCUT2D eigenvalue weighted by Gasteiger charge is 2.46. The second-order valence-electron chi connectivity index (χ2n) is 5.79. The fraction of sp³-hybridized carbons (Fsp3) is 0.375. The van der Waals surface area contributed by atoms with Crippen molar-refractivity contribution >= 4 is 5.91 Å². The molecule has 20 heavy (non-hydrogen) atoms. The maximum absolute atomic E-state index is 12.5. The van der Waals surface area contributed by atoms with Gasteiger partial charge < -0.3 is 5.32 Å². The van der Waals surface area contributed by atoms with E-state index in [0.717, 1.165) is 43.4 Å². The molecule has 4 nitrogen and oxygen atoms in total. The van der Waals surface area contributed by atoms with Gasteiger partial charge in [0.2, 0.25) is 0 Å². The SMILES string of the molecule is O=C(NC1(c2ccccc2)CC1)c1n[nH]c2c1CCC2. The molecule has 0 radical (unpaired) electrons. The van der Waals surface area contributed by atoms with Crippen molar-refractivity contribution in [1.82, 2.24) is 15.5 Å². The zero-order valence-electron chi connectivity index (χ0n) is 11.3. The number of nitrogens with zero attached hydrogens (tertiary/aromatic N) is 1. The van der Waals surface area contributed by atoms with Crippen LogP contribution in [0.2, 0.25) is 0 Å². The van der Waals surface area contributed by atoms with Gasteiger partial charge in [0.1, 0.15) is 0 Å². The van der Waals surface area contributed by atoms with Crippen LogP contribution in [0.1, 0.15) is 46.6 Å². The predicted octanol–water partition coefficient (Wildman–Crippen LogP) is 2.32. The molecule has 1 fully saturated rings. The number of hydrogen-bond acceptors (Lipinski definition) is 2. The van der Waals surface area contributed by atoms with Crippen LogP contribution in [0, 0.1) is 0 Å². The van der Waals surface area contributed by atoms with Crippen molar-refractivity contribution in [2.24, 2.45) is 0 Å². The monoisotopic (exact) mass is 267 g/mol. The molecule has 0 atom stereocenters. The Morgan fingerprint density at radius 3 is 2.75 bits per heavy atom. The van der Waals surface area contributed by atoms with Crippen LogP contribution in [0.5, 0.6) is 0 Å². The van der Waals surface area contributed by atoms with Gasteiger partial charge in [-0.05, 0) is 37.7 Å². The molecule has 1 amide bonds. The minimum Gasteiger partial charge on any atom is -0.341 e. The van der Waals surface area contributed by atoms with Crippen molar-refractivity contribution in [3.63, 3.8) is 0 Å². The highest BCUT2D eigenvalue weighted by molar-refractivity contribution is 5.95. The van der Waals surface area contributed by atoms with Gasteiger partial charge in [-0.3, -0.25) is 9.89 Å². The molecular weight excluding hydrogens is 250 g/mol. The normalized spacial score (nSPS) is 18.6. The number of aryl methyl sites for hydroxylation is 1. The average molecular weight is 267 g/mol. The highest BCUT2D eigenvalue weighted by Crippen LogP contribution is 2.45. The minimum absolute atomic E-state index is 0.0363. The van der Waals surface area contributed by atoms with Crippen LogP contribution in [0.25, 0.3) is 0 Å². The van der Waals surface area contributed by atoms with Gasteiger partial charge in [-0.1, -0.05) is 30.3 Å². The number of aromatic nitrogens is 2. The molecule has 1 heterocycles. The molecule has 2 aromatic rings. The first-order valence-electron chi connectivity index (χ1n) is 7.23. The lowest BCUT2D eigenvalue weighted by molar-refractivity contribution is 0.0925. The van der Waals surface area contributed by atoms with Crippen LogP contribution in [0.15, 0.2) is 30.3 Å². The van der Waals surface area contributed by atoms with Gasteiger partial charge in [-0.2, -0.15) is 5.10 Å². The van der Waals surface area contributed by atoms with Crippen molar-refractivity contribution in [2.75, 3.05) is 0 Å². The second-order valence-corrected chi connectivity index (χ2v) is 5.79. The van der Waals surface area contributed by atoms with E-state index in [9.17, 15) is 4.79 Å². The molecule has 0 spiro atoms. The fourth-order valence-electron chi connectivity index (χ4n) is 3.15. The lowest BCUT2D eigenvalue weighted by Crippen LogP contribution is -2.35. The summed E-state index contributed by atoms with van der Waals surface area (Å²) in [5, 5.41) is 10.4. The number of aromatic amines is 1. The smallest absolute Gasteiger partial charge is 0.272 e. The minimum atomic E-state index is -0.164. The van der Waals surface area contributed by atoms with Gasteiger partial charge in [0.25, 0.3) is 5.91 Å². The van der Waals surface area contributed by atoms with Crippen molar-refractivity contribution in [2.45, 2.75) is 37.6 Å². The summed E-state index contributed by atoms with van der Waals surface area (Å²) >= 11 is 0. The Morgan fingerprint density at radius 2 is 2.00 bits per heavy atom. The largest absolute Gasteiger partial charge is 0.341 e.